The predicted octanol–water partition coefficient (Wildman–Crippen LogP) is 1.17. The van der Waals surface area contributed by atoms with Gasteiger partial charge in [0.05, 0.1) is 5.02 Å². The molecule has 0 spiro atoms. The number of hydrogen-bond donors (Lipinski definition) is 3. The highest BCUT2D eigenvalue weighted by Gasteiger charge is 2.17. The zero-order valence-corrected chi connectivity index (χ0v) is 11.5. The Bertz CT molecular complexity index is 655. The van der Waals surface area contributed by atoms with E-state index in [4.69, 9.17) is 17.3 Å². The minimum Gasteiger partial charge on any atom is -0.399 e. The van der Waals surface area contributed by atoms with Gasteiger partial charge in [-0.2, -0.15) is 0 Å². The molecule has 0 atom stereocenters. The predicted molar refractivity (Wildman–Crippen MR) is 73.3 cm³/mol. The molecule has 0 saturated heterocycles. The summed E-state index contributed by atoms with van der Waals surface area (Å²) >= 11 is 5.87. The van der Waals surface area contributed by atoms with Crippen molar-refractivity contribution < 1.29 is 8.42 Å². The van der Waals surface area contributed by atoms with Gasteiger partial charge in [-0.05, 0) is 18.2 Å². The number of sulfonamides is 1. The Kier molecular flexibility index (Phi) is 4.08. The van der Waals surface area contributed by atoms with Crippen molar-refractivity contribution in [3.8, 4) is 0 Å². The van der Waals surface area contributed by atoms with E-state index in [0.717, 1.165) is 0 Å². The maximum Gasteiger partial charge on any atom is 0.242 e. The Morgan fingerprint density at radius 2 is 2.21 bits per heavy atom. The number of aromatic amines is 1. The minimum absolute atomic E-state index is 0.0198. The topological polar surface area (TPSA) is 101 Å². The van der Waals surface area contributed by atoms with Crippen LogP contribution in [0.25, 0.3) is 0 Å². The van der Waals surface area contributed by atoms with Crippen molar-refractivity contribution in [1.29, 1.82) is 0 Å². The third-order valence-electron chi connectivity index (χ3n) is 2.45. The second kappa shape index (κ2) is 5.60. The number of halogens is 1. The number of benzene rings is 1. The molecule has 0 aliphatic rings. The highest BCUT2D eigenvalue weighted by atomic mass is 35.5. The SMILES string of the molecule is Nc1ccc(Cl)c(S(=O)(=O)NCCc2ncc[nH]2)c1. The summed E-state index contributed by atoms with van der Waals surface area (Å²) in [5.41, 5.74) is 5.91. The molecule has 0 amide bonds. The Morgan fingerprint density at radius 3 is 2.89 bits per heavy atom. The molecule has 102 valence electrons. The Labute approximate surface area is 116 Å². The van der Waals surface area contributed by atoms with E-state index in [9.17, 15) is 8.42 Å². The van der Waals surface area contributed by atoms with Gasteiger partial charge >= 0.3 is 0 Å². The van der Waals surface area contributed by atoms with Gasteiger partial charge < -0.3 is 10.7 Å². The van der Waals surface area contributed by atoms with Crippen LogP contribution in [-0.2, 0) is 16.4 Å². The largest absolute Gasteiger partial charge is 0.399 e. The lowest BCUT2D eigenvalue weighted by Crippen LogP contribution is -2.26. The molecule has 0 bridgehead atoms. The molecule has 1 aromatic carbocycles. The number of aromatic nitrogens is 2. The van der Waals surface area contributed by atoms with Gasteiger partial charge in [-0.15, -0.1) is 0 Å². The summed E-state index contributed by atoms with van der Waals surface area (Å²) in [6, 6.07) is 4.33. The summed E-state index contributed by atoms with van der Waals surface area (Å²) in [7, 11) is -3.67. The van der Waals surface area contributed by atoms with E-state index in [1.165, 1.54) is 12.1 Å². The van der Waals surface area contributed by atoms with Crippen molar-refractivity contribution in [3.05, 3.63) is 41.4 Å². The van der Waals surface area contributed by atoms with Crippen LogP contribution in [-0.4, -0.2) is 24.9 Å². The van der Waals surface area contributed by atoms with E-state index >= 15 is 0 Å². The summed E-state index contributed by atoms with van der Waals surface area (Å²) in [5, 5.41) is 0.139. The van der Waals surface area contributed by atoms with E-state index in [1.54, 1.807) is 18.5 Å². The van der Waals surface area contributed by atoms with Crippen molar-refractivity contribution in [2.24, 2.45) is 0 Å². The quantitative estimate of drug-likeness (QED) is 0.721. The zero-order chi connectivity index (χ0) is 13.9. The monoisotopic (exact) mass is 300 g/mol. The van der Waals surface area contributed by atoms with Crippen LogP contribution in [0.5, 0.6) is 0 Å². The molecule has 0 unspecified atom stereocenters. The maximum atomic E-state index is 12.1. The molecule has 6 nitrogen and oxygen atoms in total. The number of nitrogens with two attached hydrogens (primary N) is 1. The van der Waals surface area contributed by atoms with E-state index in [2.05, 4.69) is 14.7 Å². The average Bonchev–Trinajstić information content (AvgIpc) is 2.85. The molecule has 0 aliphatic heterocycles. The Balaban J connectivity index is 2.07. The van der Waals surface area contributed by atoms with Crippen LogP contribution in [0.3, 0.4) is 0 Å². The summed E-state index contributed by atoms with van der Waals surface area (Å²) in [5.74, 6) is 0.710. The number of rotatable bonds is 5. The molecule has 2 rings (SSSR count). The first-order valence-corrected chi connectivity index (χ1v) is 7.38. The first-order valence-electron chi connectivity index (χ1n) is 5.52. The molecule has 1 aromatic heterocycles. The van der Waals surface area contributed by atoms with E-state index in [1.807, 2.05) is 0 Å². The molecule has 2 aromatic rings. The van der Waals surface area contributed by atoms with Gasteiger partial charge in [0.15, 0.2) is 0 Å². The van der Waals surface area contributed by atoms with Crippen LogP contribution in [0.1, 0.15) is 5.82 Å². The fourth-order valence-electron chi connectivity index (χ4n) is 1.54. The first kappa shape index (κ1) is 13.9. The molecular weight excluding hydrogens is 288 g/mol. The fraction of sp³-hybridized carbons (Fsp3) is 0.182. The van der Waals surface area contributed by atoms with Crippen LogP contribution in [0.4, 0.5) is 5.69 Å². The smallest absolute Gasteiger partial charge is 0.242 e. The van der Waals surface area contributed by atoms with Crippen molar-refractivity contribution in [2.75, 3.05) is 12.3 Å². The normalized spacial score (nSPS) is 11.6. The third-order valence-corrected chi connectivity index (χ3v) is 4.40. The Morgan fingerprint density at radius 1 is 1.42 bits per heavy atom. The molecule has 8 heteroatoms. The Hall–Kier alpha value is -1.57. The maximum absolute atomic E-state index is 12.1. The number of nitrogens with zero attached hydrogens (tertiary/aromatic N) is 1. The molecule has 0 radical (unpaired) electrons. The number of imidazole rings is 1. The molecule has 19 heavy (non-hydrogen) atoms. The third kappa shape index (κ3) is 3.46. The van der Waals surface area contributed by atoms with Crippen LogP contribution < -0.4 is 10.5 Å². The number of hydrogen-bond acceptors (Lipinski definition) is 4. The molecule has 0 saturated carbocycles. The minimum atomic E-state index is -3.67. The first-order chi connectivity index (χ1) is 8.99. The summed E-state index contributed by atoms with van der Waals surface area (Å²) in [4.78, 5) is 6.88. The van der Waals surface area contributed by atoms with Gasteiger partial charge in [-0.25, -0.2) is 18.1 Å². The summed E-state index contributed by atoms with van der Waals surface area (Å²) in [6.07, 6.45) is 3.75. The van der Waals surface area contributed by atoms with Gasteiger partial charge in [0.1, 0.15) is 10.7 Å². The van der Waals surface area contributed by atoms with Crippen LogP contribution >= 0.6 is 11.6 Å². The van der Waals surface area contributed by atoms with E-state index in [-0.39, 0.29) is 16.5 Å². The lowest BCUT2D eigenvalue weighted by molar-refractivity contribution is 0.581. The number of anilines is 1. The second-order valence-corrected chi connectivity index (χ2v) is 6.02. The van der Waals surface area contributed by atoms with Gasteiger partial charge in [0.25, 0.3) is 0 Å². The van der Waals surface area contributed by atoms with Crippen molar-refractivity contribution in [1.82, 2.24) is 14.7 Å². The van der Waals surface area contributed by atoms with Gasteiger partial charge in [0, 0.05) is 31.0 Å². The van der Waals surface area contributed by atoms with Crippen LogP contribution in [0.2, 0.25) is 5.02 Å². The standard InChI is InChI=1S/C11H13ClN4O2S/c12-9-2-1-8(13)7-10(9)19(17,18)16-4-3-11-14-5-6-15-11/h1-2,5-7,16H,3-4,13H2,(H,14,15). The van der Waals surface area contributed by atoms with Gasteiger partial charge in [-0.1, -0.05) is 11.6 Å². The van der Waals surface area contributed by atoms with E-state index < -0.39 is 10.0 Å². The number of nitrogen functional groups attached to an aromatic ring is 1. The van der Waals surface area contributed by atoms with Crippen LogP contribution in [0.15, 0.2) is 35.5 Å². The van der Waals surface area contributed by atoms with Crippen molar-refractivity contribution in [3.63, 3.8) is 0 Å². The van der Waals surface area contributed by atoms with Gasteiger partial charge in [-0.3, -0.25) is 0 Å². The molecule has 0 aliphatic carbocycles. The van der Waals surface area contributed by atoms with Crippen molar-refractivity contribution >= 4 is 27.3 Å². The van der Waals surface area contributed by atoms with Crippen molar-refractivity contribution in [2.45, 2.75) is 11.3 Å². The highest BCUT2D eigenvalue weighted by molar-refractivity contribution is 7.89. The molecule has 0 fully saturated rings. The van der Waals surface area contributed by atoms with Gasteiger partial charge in [0.2, 0.25) is 10.0 Å². The zero-order valence-electron chi connectivity index (χ0n) is 9.93. The summed E-state index contributed by atoms with van der Waals surface area (Å²) in [6.45, 7) is 0.223. The number of H-pyrrole nitrogens is 1. The molecule has 4 N–H and O–H groups in total. The number of nitrogens with one attached hydrogen (secondary N) is 2. The molecule has 1 heterocycles. The van der Waals surface area contributed by atoms with Crippen LogP contribution in [0, 0.1) is 0 Å². The fourth-order valence-corrected chi connectivity index (χ4v) is 3.11. The lowest BCUT2D eigenvalue weighted by Gasteiger charge is -2.08. The lowest BCUT2D eigenvalue weighted by atomic mass is 10.3. The second-order valence-electron chi connectivity index (χ2n) is 3.87. The highest BCUT2D eigenvalue weighted by Crippen LogP contribution is 2.23. The molecular formula is C11H13ClN4O2S. The van der Waals surface area contributed by atoms with E-state index in [0.29, 0.717) is 17.9 Å². The average molecular weight is 301 g/mol. The summed E-state index contributed by atoms with van der Waals surface area (Å²) < 4.78 is 26.6.